The first-order valence-electron chi connectivity index (χ1n) is 1.92. The molecule has 0 aromatic carbocycles. The molecule has 6 heavy (non-hydrogen) atoms. The van der Waals surface area contributed by atoms with Crippen molar-refractivity contribution in [1.29, 1.82) is 0 Å². The average Bonchev–Trinajstić information content (AvgIpc) is 1.72. The molecule has 0 aromatic rings. The van der Waals surface area contributed by atoms with Gasteiger partial charge in [-0.25, -0.2) is 0 Å². The van der Waals surface area contributed by atoms with Gasteiger partial charge in [-0.05, 0) is 0 Å². The molecule has 1 aliphatic rings. The Kier molecular flexibility index (Phi) is 1.50. The number of hydrogen-bond donors (Lipinski definition) is 0. The summed E-state index contributed by atoms with van der Waals surface area (Å²) in [5.41, 5.74) is 0. The SMILES string of the molecule is C1=[CH][Ge][N]=CC1. The Morgan fingerprint density at radius 1 is 1.67 bits per heavy atom. The van der Waals surface area contributed by atoms with Gasteiger partial charge in [0.1, 0.15) is 0 Å². The molecule has 1 nitrogen and oxygen atoms in total. The van der Waals surface area contributed by atoms with E-state index in [9.17, 15) is 0 Å². The summed E-state index contributed by atoms with van der Waals surface area (Å²) in [4.78, 5) is 2.19. The molecule has 0 aromatic heterocycles. The van der Waals surface area contributed by atoms with Crippen molar-refractivity contribution in [3.05, 3.63) is 11.0 Å². The van der Waals surface area contributed by atoms with Crippen LogP contribution < -0.4 is 0 Å². The second-order valence-electron chi connectivity index (χ2n) is 1.08. The molecule has 1 aliphatic heterocycles. The molecule has 2 heteroatoms. The van der Waals surface area contributed by atoms with Crippen LogP contribution in [0.15, 0.2) is 14.9 Å². The number of nitrogens with zero attached hydrogens (tertiary/aromatic N) is 1. The van der Waals surface area contributed by atoms with E-state index >= 15 is 0 Å². The first kappa shape index (κ1) is 4.12. The third kappa shape index (κ3) is 0.973. The van der Waals surface area contributed by atoms with Crippen molar-refractivity contribution in [2.75, 3.05) is 0 Å². The van der Waals surface area contributed by atoms with Crippen LogP contribution in [-0.4, -0.2) is 21.9 Å². The minimum atomic E-state index is -0.00347. The molecule has 0 amide bonds. The van der Waals surface area contributed by atoms with Crippen LogP contribution in [0.25, 0.3) is 0 Å². The van der Waals surface area contributed by atoms with E-state index in [4.69, 9.17) is 0 Å². The molecule has 2 radical (unpaired) electrons. The van der Waals surface area contributed by atoms with Gasteiger partial charge in [0, 0.05) is 0 Å². The fourth-order valence-corrected chi connectivity index (χ4v) is 1.46. The van der Waals surface area contributed by atoms with Crippen LogP contribution in [0, 0.1) is 0 Å². The average molecular weight is 140 g/mol. The van der Waals surface area contributed by atoms with E-state index in [1.165, 1.54) is 0 Å². The zero-order valence-corrected chi connectivity index (χ0v) is 5.48. The molecule has 0 spiro atoms. The summed E-state index contributed by atoms with van der Waals surface area (Å²) in [6, 6.07) is 0. The van der Waals surface area contributed by atoms with Crippen molar-refractivity contribution >= 4 is 21.9 Å². The van der Waals surface area contributed by atoms with Gasteiger partial charge in [0.25, 0.3) is 0 Å². The molecule has 0 aliphatic carbocycles. The second kappa shape index (κ2) is 2.18. The van der Waals surface area contributed by atoms with Gasteiger partial charge in [0.05, 0.1) is 0 Å². The van der Waals surface area contributed by atoms with Crippen LogP contribution in [0.2, 0.25) is 0 Å². The van der Waals surface area contributed by atoms with Crippen LogP contribution in [-0.2, 0) is 0 Å². The van der Waals surface area contributed by atoms with Gasteiger partial charge in [-0.1, -0.05) is 0 Å². The quantitative estimate of drug-likeness (QED) is 0.436. The first-order valence-corrected chi connectivity index (χ1v) is 4.07. The van der Waals surface area contributed by atoms with Gasteiger partial charge in [-0.3, -0.25) is 0 Å². The van der Waals surface area contributed by atoms with Gasteiger partial charge in [-0.15, -0.1) is 0 Å². The van der Waals surface area contributed by atoms with Crippen LogP contribution in [0.3, 0.4) is 0 Å². The molecule has 0 saturated carbocycles. The molecule has 0 saturated heterocycles. The van der Waals surface area contributed by atoms with Crippen LogP contribution in [0.4, 0.5) is 0 Å². The number of hydrogen-bond acceptors (Lipinski definition) is 1. The Morgan fingerprint density at radius 3 is 2.83 bits per heavy atom. The Labute approximate surface area is 43.9 Å². The molecule has 1 rings (SSSR count). The first-order chi connectivity index (χ1) is 3.00. The number of allylic oxidation sites excluding steroid dienone is 1. The predicted octanol–water partition coefficient (Wildman–Crippen LogP) is 0.594. The van der Waals surface area contributed by atoms with Gasteiger partial charge in [-0.2, -0.15) is 0 Å². The van der Waals surface area contributed by atoms with E-state index in [1.807, 2.05) is 6.21 Å². The van der Waals surface area contributed by atoms with Crippen molar-refractivity contribution in [3.8, 4) is 0 Å². The summed E-state index contributed by atoms with van der Waals surface area (Å²) < 4.78 is 4.09. The Bertz CT molecular complexity index is 65.5. The molecule has 0 bridgehead atoms. The Morgan fingerprint density at radius 2 is 2.67 bits per heavy atom. The van der Waals surface area contributed by atoms with Crippen molar-refractivity contribution in [3.63, 3.8) is 0 Å². The normalized spacial score (nSPS) is 18.7. The van der Waals surface area contributed by atoms with E-state index in [0.29, 0.717) is 0 Å². The molecular formula is C4H5GeN. The van der Waals surface area contributed by atoms with Crippen molar-refractivity contribution in [2.45, 2.75) is 6.42 Å². The molecule has 0 unspecified atom stereocenters. The Balaban J connectivity index is 2.40. The van der Waals surface area contributed by atoms with E-state index in [1.54, 1.807) is 0 Å². The van der Waals surface area contributed by atoms with Crippen LogP contribution in [0.1, 0.15) is 6.42 Å². The summed E-state index contributed by atoms with van der Waals surface area (Å²) in [6.45, 7) is 0. The van der Waals surface area contributed by atoms with E-state index in [0.717, 1.165) is 6.42 Å². The van der Waals surface area contributed by atoms with Crippen molar-refractivity contribution in [1.82, 2.24) is 0 Å². The van der Waals surface area contributed by atoms with Crippen LogP contribution in [0.5, 0.6) is 0 Å². The molecule has 0 N–H and O–H groups in total. The third-order valence-electron chi connectivity index (χ3n) is 0.600. The molecule has 0 atom stereocenters. The maximum atomic E-state index is 4.09. The van der Waals surface area contributed by atoms with Crippen LogP contribution >= 0.6 is 0 Å². The van der Waals surface area contributed by atoms with Gasteiger partial charge < -0.3 is 0 Å². The second-order valence-corrected chi connectivity index (χ2v) is 2.86. The van der Waals surface area contributed by atoms with Gasteiger partial charge >= 0.3 is 43.2 Å². The molecule has 0 fully saturated rings. The van der Waals surface area contributed by atoms with Crippen molar-refractivity contribution < 1.29 is 0 Å². The van der Waals surface area contributed by atoms with Gasteiger partial charge in [0.2, 0.25) is 0 Å². The molecule has 1 heterocycles. The standard InChI is InChI=1S/C4H5GeN/c1-2-4-6-5-3-1/h1,3-4H,2H2. The van der Waals surface area contributed by atoms with E-state index < -0.39 is 0 Å². The minimum absolute atomic E-state index is 0.00347. The summed E-state index contributed by atoms with van der Waals surface area (Å²) in [6.07, 6.45) is 5.22. The summed E-state index contributed by atoms with van der Waals surface area (Å²) in [5.74, 6) is 0. The van der Waals surface area contributed by atoms with Gasteiger partial charge in [0.15, 0.2) is 0 Å². The fourth-order valence-electron chi connectivity index (χ4n) is 0.330. The Hall–Kier alpha value is -0.0471. The summed E-state index contributed by atoms with van der Waals surface area (Å²) in [5, 5.41) is 0. The summed E-state index contributed by atoms with van der Waals surface area (Å²) >= 11 is -0.00347. The number of rotatable bonds is 0. The molecule has 30 valence electrons. The summed E-state index contributed by atoms with van der Waals surface area (Å²) in [7, 11) is 0. The fraction of sp³-hybridized carbons (Fsp3) is 0.250. The van der Waals surface area contributed by atoms with E-state index in [-0.39, 0.29) is 15.7 Å². The zero-order chi connectivity index (χ0) is 4.24. The monoisotopic (exact) mass is 141 g/mol. The molecular weight excluding hydrogens is 135 g/mol. The maximum absolute atomic E-state index is 4.09. The van der Waals surface area contributed by atoms with Crippen molar-refractivity contribution in [2.24, 2.45) is 3.95 Å². The van der Waals surface area contributed by atoms with E-state index in [2.05, 4.69) is 14.9 Å². The third-order valence-corrected chi connectivity index (χ3v) is 2.10. The zero-order valence-electron chi connectivity index (χ0n) is 3.39. The topological polar surface area (TPSA) is 12.4 Å². The predicted molar refractivity (Wildman–Crippen MR) is 28.0 cm³/mol.